The SMILES string of the molecule is CS(=O)(=O)N1CCC[C@H](c2ccc(C(=O)NCCCc3ccc(Cl)cc3)cn2)C1. The van der Waals surface area contributed by atoms with Crippen LogP contribution in [0.5, 0.6) is 0 Å². The minimum Gasteiger partial charge on any atom is -0.352 e. The van der Waals surface area contributed by atoms with Gasteiger partial charge in [-0.2, -0.15) is 0 Å². The molecular formula is C21H26ClN3O3S. The Labute approximate surface area is 177 Å². The van der Waals surface area contributed by atoms with Crippen molar-refractivity contribution in [3.63, 3.8) is 0 Å². The van der Waals surface area contributed by atoms with E-state index in [0.29, 0.717) is 25.2 Å². The van der Waals surface area contributed by atoms with Crippen LogP contribution in [0, 0.1) is 0 Å². The van der Waals surface area contributed by atoms with Gasteiger partial charge in [0.15, 0.2) is 0 Å². The van der Waals surface area contributed by atoms with Crippen molar-refractivity contribution >= 4 is 27.5 Å². The third kappa shape index (κ3) is 6.26. The van der Waals surface area contributed by atoms with E-state index in [1.807, 2.05) is 30.3 Å². The zero-order valence-electron chi connectivity index (χ0n) is 16.5. The van der Waals surface area contributed by atoms with Gasteiger partial charge in [-0.1, -0.05) is 23.7 Å². The normalized spacial score (nSPS) is 17.8. The first-order valence-electron chi connectivity index (χ1n) is 9.76. The smallest absolute Gasteiger partial charge is 0.252 e. The van der Waals surface area contributed by atoms with Crippen LogP contribution in [0.2, 0.25) is 5.02 Å². The molecule has 6 nitrogen and oxygen atoms in total. The molecule has 0 aliphatic carbocycles. The third-order valence-corrected chi connectivity index (χ3v) is 6.68. The molecule has 1 aliphatic rings. The molecule has 0 radical (unpaired) electrons. The summed E-state index contributed by atoms with van der Waals surface area (Å²) in [5.74, 6) is -0.0866. The summed E-state index contributed by atoms with van der Waals surface area (Å²) in [5, 5.41) is 3.63. The van der Waals surface area contributed by atoms with Crippen LogP contribution in [0.3, 0.4) is 0 Å². The monoisotopic (exact) mass is 435 g/mol. The Morgan fingerprint density at radius 3 is 2.66 bits per heavy atom. The van der Waals surface area contributed by atoms with Gasteiger partial charge in [0.2, 0.25) is 10.0 Å². The van der Waals surface area contributed by atoms with Crippen molar-refractivity contribution in [1.29, 1.82) is 0 Å². The second-order valence-electron chi connectivity index (χ2n) is 7.42. The lowest BCUT2D eigenvalue weighted by atomic mass is 9.95. The number of amides is 1. The predicted octanol–water partition coefficient (Wildman–Crippen LogP) is 3.24. The Morgan fingerprint density at radius 1 is 1.24 bits per heavy atom. The number of halogens is 1. The van der Waals surface area contributed by atoms with E-state index < -0.39 is 10.0 Å². The highest BCUT2D eigenvalue weighted by molar-refractivity contribution is 7.88. The summed E-state index contributed by atoms with van der Waals surface area (Å²) in [5.41, 5.74) is 2.53. The van der Waals surface area contributed by atoms with E-state index >= 15 is 0 Å². The molecule has 1 aliphatic heterocycles. The first-order chi connectivity index (χ1) is 13.8. The number of aryl methyl sites for hydroxylation is 1. The molecule has 29 heavy (non-hydrogen) atoms. The standard InChI is InChI=1S/C21H26ClN3O3S/c1-29(27,28)25-13-3-5-18(15-25)20-11-8-17(14-24-20)21(26)23-12-2-4-16-6-9-19(22)10-7-16/h6-11,14,18H,2-5,12-13,15H2,1H3,(H,23,26)/t18-/m0/s1. The van der Waals surface area contributed by atoms with E-state index in [2.05, 4.69) is 10.3 Å². The molecule has 1 fully saturated rings. The van der Waals surface area contributed by atoms with Crippen LogP contribution in [-0.2, 0) is 16.4 Å². The number of nitrogens with zero attached hydrogens (tertiary/aromatic N) is 2. The number of benzene rings is 1. The molecular weight excluding hydrogens is 410 g/mol. The Bertz CT molecular complexity index is 931. The number of rotatable bonds is 7. The van der Waals surface area contributed by atoms with Crippen LogP contribution in [0.15, 0.2) is 42.6 Å². The zero-order valence-corrected chi connectivity index (χ0v) is 18.0. The largest absolute Gasteiger partial charge is 0.352 e. The highest BCUT2D eigenvalue weighted by atomic mass is 35.5. The third-order valence-electron chi connectivity index (χ3n) is 5.16. The molecule has 2 heterocycles. The lowest BCUT2D eigenvalue weighted by Gasteiger charge is -2.30. The van der Waals surface area contributed by atoms with Crippen LogP contribution in [0.1, 0.15) is 46.8 Å². The first-order valence-corrected chi connectivity index (χ1v) is 12.0. The maximum absolute atomic E-state index is 12.3. The molecule has 0 unspecified atom stereocenters. The quantitative estimate of drug-likeness (QED) is 0.677. The minimum atomic E-state index is -3.19. The summed E-state index contributed by atoms with van der Waals surface area (Å²) in [6.07, 6.45) is 6.23. The molecule has 3 rings (SSSR count). The minimum absolute atomic E-state index is 0.0648. The molecule has 0 saturated carbocycles. The Hall–Kier alpha value is -1.96. The number of pyridine rings is 1. The highest BCUT2D eigenvalue weighted by Gasteiger charge is 2.27. The fourth-order valence-corrected chi connectivity index (χ4v) is 4.55. The van der Waals surface area contributed by atoms with Crippen molar-refractivity contribution in [2.45, 2.75) is 31.6 Å². The van der Waals surface area contributed by atoms with Crippen LogP contribution in [0.4, 0.5) is 0 Å². The lowest BCUT2D eigenvalue weighted by Crippen LogP contribution is -2.38. The fraction of sp³-hybridized carbons (Fsp3) is 0.429. The van der Waals surface area contributed by atoms with Gasteiger partial charge in [0.25, 0.3) is 5.91 Å². The van der Waals surface area contributed by atoms with Gasteiger partial charge < -0.3 is 5.32 Å². The number of carbonyl (C=O) groups excluding carboxylic acids is 1. The maximum atomic E-state index is 12.3. The molecule has 2 aromatic rings. The van der Waals surface area contributed by atoms with Gasteiger partial charge >= 0.3 is 0 Å². The van der Waals surface area contributed by atoms with Crippen LogP contribution >= 0.6 is 11.6 Å². The Kier molecular flexibility index (Phi) is 7.27. The van der Waals surface area contributed by atoms with E-state index in [0.717, 1.165) is 36.4 Å². The summed E-state index contributed by atoms with van der Waals surface area (Å²) in [7, 11) is -3.19. The summed E-state index contributed by atoms with van der Waals surface area (Å²) in [4.78, 5) is 16.7. The van der Waals surface area contributed by atoms with Gasteiger partial charge in [-0.3, -0.25) is 9.78 Å². The number of piperidine rings is 1. The van der Waals surface area contributed by atoms with E-state index in [1.165, 1.54) is 16.1 Å². The number of carbonyl (C=O) groups is 1. The van der Waals surface area contributed by atoms with E-state index in [4.69, 9.17) is 11.6 Å². The predicted molar refractivity (Wildman–Crippen MR) is 115 cm³/mol. The number of sulfonamides is 1. The molecule has 0 spiro atoms. The summed E-state index contributed by atoms with van der Waals surface area (Å²) >= 11 is 5.88. The fourth-order valence-electron chi connectivity index (χ4n) is 3.51. The van der Waals surface area contributed by atoms with E-state index in [-0.39, 0.29) is 11.8 Å². The number of nitrogens with one attached hydrogen (secondary N) is 1. The van der Waals surface area contributed by atoms with Crippen molar-refractivity contribution in [2.24, 2.45) is 0 Å². The number of aromatic nitrogens is 1. The van der Waals surface area contributed by atoms with Crippen molar-refractivity contribution in [3.05, 3.63) is 64.4 Å². The average molecular weight is 436 g/mol. The average Bonchev–Trinajstić information content (AvgIpc) is 2.72. The van der Waals surface area contributed by atoms with Crippen LogP contribution in [-0.4, -0.2) is 49.5 Å². The molecule has 1 N–H and O–H groups in total. The molecule has 156 valence electrons. The molecule has 1 amide bonds. The van der Waals surface area contributed by atoms with Gasteiger partial charge in [-0.15, -0.1) is 0 Å². The van der Waals surface area contributed by atoms with Gasteiger partial charge in [0, 0.05) is 42.5 Å². The Balaban J connectivity index is 1.49. The van der Waals surface area contributed by atoms with Crippen molar-refractivity contribution < 1.29 is 13.2 Å². The molecule has 1 aromatic carbocycles. The number of hydrogen-bond acceptors (Lipinski definition) is 4. The topological polar surface area (TPSA) is 79.4 Å². The summed E-state index contributed by atoms with van der Waals surface area (Å²) < 4.78 is 25.1. The van der Waals surface area contributed by atoms with E-state index in [1.54, 1.807) is 12.3 Å². The van der Waals surface area contributed by atoms with Crippen molar-refractivity contribution in [3.8, 4) is 0 Å². The maximum Gasteiger partial charge on any atom is 0.252 e. The van der Waals surface area contributed by atoms with Crippen molar-refractivity contribution in [1.82, 2.24) is 14.6 Å². The van der Waals surface area contributed by atoms with E-state index in [9.17, 15) is 13.2 Å². The van der Waals surface area contributed by atoms with Crippen LogP contribution < -0.4 is 5.32 Å². The molecule has 1 aromatic heterocycles. The van der Waals surface area contributed by atoms with Crippen LogP contribution in [0.25, 0.3) is 0 Å². The highest BCUT2D eigenvalue weighted by Crippen LogP contribution is 2.26. The molecule has 1 saturated heterocycles. The molecule has 0 bridgehead atoms. The van der Waals surface area contributed by atoms with Crippen molar-refractivity contribution in [2.75, 3.05) is 25.9 Å². The van der Waals surface area contributed by atoms with Gasteiger partial charge in [0.05, 0.1) is 11.8 Å². The first kappa shape index (κ1) is 21.7. The molecule has 8 heteroatoms. The summed E-state index contributed by atoms with van der Waals surface area (Å²) in [6, 6.07) is 11.3. The zero-order chi connectivity index (χ0) is 20.9. The van der Waals surface area contributed by atoms with Gasteiger partial charge in [-0.25, -0.2) is 12.7 Å². The Morgan fingerprint density at radius 2 is 2.00 bits per heavy atom. The number of hydrogen-bond donors (Lipinski definition) is 1. The second-order valence-corrected chi connectivity index (χ2v) is 9.84. The molecule has 1 atom stereocenters. The second kappa shape index (κ2) is 9.69. The van der Waals surface area contributed by atoms with Gasteiger partial charge in [0.1, 0.15) is 0 Å². The lowest BCUT2D eigenvalue weighted by molar-refractivity contribution is 0.0953. The van der Waals surface area contributed by atoms with Gasteiger partial charge in [-0.05, 0) is 55.5 Å². The summed E-state index contributed by atoms with van der Waals surface area (Å²) in [6.45, 7) is 1.59.